The van der Waals surface area contributed by atoms with E-state index in [2.05, 4.69) is 4.74 Å². The lowest BCUT2D eigenvalue weighted by atomic mass is 9.98. The number of nitrogens with two attached hydrogens (primary N) is 1. The van der Waals surface area contributed by atoms with Crippen LogP contribution in [-0.4, -0.2) is 13.2 Å². The molecule has 0 spiro atoms. The Balaban J connectivity index is 0.00000192. The summed E-state index contributed by atoms with van der Waals surface area (Å²) in [6.45, 7) is 0.122. The van der Waals surface area contributed by atoms with Crippen LogP contribution >= 0.6 is 12.4 Å². The lowest BCUT2D eigenvalue weighted by Gasteiger charge is -2.15. The Hall–Kier alpha value is -2.12. The molecular formula is C15H13ClF3NO3. The molecule has 0 unspecified atom stereocenters. The minimum Gasteiger partial charge on any atom is -0.454 e. The van der Waals surface area contributed by atoms with Crippen LogP contribution in [0.5, 0.6) is 17.2 Å². The molecule has 0 radical (unpaired) electrons. The lowest BCUT2D eigenvalue weighted by molar-refractivity contribution is -0.274. The summed E-state index contributed by atoms with van der Waals surface area (Å²) in [6, 6.07) is 10.2. The van der Waals surface area contributed by atoms with Gasteiger partial charge in [-0.2, -0.15) is 0 Å². The van der Waals surface area contributed by atoms with Crippen LogP contribution in [0.2, 0.25) is 0 Å². The molecule has 1 atom stereocenters. The average molecular weight is 348 g/mol. The van der Waals surface area contributed by atoms with Crippen molar-refractivity contribution in [3.8, 4) is 17.2 Å². The number of rotatable bonds is 3. The number of benzene rings is 2. The predicted octanol–water partition coefficient (Wildman–Crippen LogP) is 3.78. The van der Waals surface area contributed by atoms with Crippen molar-refractivity contribution in [2.45, 2.75) is 12.4 Å². The third-order valence-electron chi connectivity index (χ3n) is 3.23. The van der Waals surface area contributed by atoms with Gasteiger partial charge in [0.25, 0.3) is 0 Å². The van der Waals surface area contributed by atoms with Crippen molar-refractivity contribution in [2.75, 3.05) is 6.79 Å². The number of hydrogen-bond donors (Lipinski definition) is 1. The van der Waals surface area contributed by atoms with Gasteiger partial charge in [0.15, 0.2) is 11.5 Å². The van der Waals surface area contributed by atoms with E-state index in [9.17, 15) is 13.2 Å². The molecule has 0 aromatic heterocycles. The Morgan fingerprint density at radius 2 is 1.74 bits per heavy atom. The molecule has 0 amide bonds. The highest BCUT2D eigenvalue weighted by molar-refractivity contribution is 5.85. The molecule has 2 aromatic rings. The van der Waals surface area contributed by atoms with Gasteiger partial charge in [-0.3, -0.25) is 0 Å². The third-order valence-corrected chi connectivity index (χ3v) is 3.23. The molecule has 8 heteroatoms. The molecule has 23 heavy (non-hydrogen) atoms. The highest BCUT2D eigenvalue weighted by Gasteiger charge is 2.31. The number of hydrogen-bond acceptors (Lipinski definition) is 4. The fourth-order valence-corrected chi connectivity index (χ4v) is 2.25. The molecule has 0 saturated carbocycles. The molecule has 0 aliphatic carbocycles. The SMILES string of the molecule is Cl.N[C@H](c1ccc(OC(F)(F)F)cc1)c1cccc2c1OCO2. The van der Waals surface area contributed by atoms with E-state index in [0.717, 1.165) is 0 Å². The Morgan fingerprint density at radius 1 is 1.04 bits per heavy atom. The van der Waals surface area contributed by atoms with Crippen molar-refractivity contribution in [1.82, 2.24) is 0 Å². The van der Waals surface area contributed by atoms with Gasteiger partial charge in [0, 0.05) is 5.56 Å². The molecule has 1 heterocycles. The van der Waals surface area contributed by atoms with Gasteiger partial charge in [0.05, 0.1) is 6.04 Å². The normalized spacial score (nSPS) is 14.1. The van der Waals surface area contributed by atoms with Crippen molar-refractivity contribution in [2.24, 2.45) is 5.73 Å². The van der Waals surface area contributed by atoms with Crippen LogP contribution in [0, 0.1) is 0 Å². The first-order valence-electron chi connectivity index (χ1n) is 6.44. The van der Waals surface area contributed by atoms with E-state index >= 15 is 0 Å². The van der Waals surface area contributed by atoms with Crippen molar-refractivity contribution in [3.63, 3.8) is 0 Å². The second-order valence-corrected chi connectivity index (χ2v) is 4.68. The molecule has 1 aliphatic rings. The molecule has 2 N–H and O–H groups in total. The van der Waals surface area contributed by atoms with E-state index in [1.807, 2.05) is 0 Å². The average Bonchev–Trinajstić information content (AvgIpc) is 2.94. The van der Waals surface area contributed by atoms with Crippen LogP contribution in [-0.2, 0) is 0 Å². The molecule has 4 nitrogen and oxygen atoms in total. The number of ether oxygens (including phenoxy) is 3. The van der Waals surface area contributed by atoms with E-state index in [1.165, 1.54) is 24.3 Å². The fraction of sp³-hybridized carbons (Fsp3) is 0.200. The number of fused-ring (bicyclic) bond motifs is 1. The highest BCUT2D eigenvalue weighted by atomic mass is 35.5. The Kier molecular flexibility index (Phi) is 4.91. The Labute approximate surface area is 136 Å². The second-order valence-electron chi connectivity index (χ2n) is 4.68. The van der Waals surface area contributed by atoms with Gasteiger partial charge in [-0.25, -0.2) is 0 Å². The zero-order valence-corrected chi connectivity index (χ0v) is 12.5. The first-order chi connectivity index (χ1) is 10.4. The zero-order chi connectivity index (χ0) is 15.7. The van der Waals surface area contributed by atoms with Crippen LogP contribution in [0.3, 0.4) is 0 Å². The van der Waals surface area contributed by atoms with E-state index in [-0.39, 0.29) is 24.9 Å². The molecule has 124 valence electrons. The quantitative estimate of drug-likeness (QED) is 0.918. The number of para-hydroxylation sites is 1. The molecule has 2 aromatic carbocycles. The first kappa shape index (κ1) is 17.2. The maximum absolute atomic E-state index is 12.1. The van der Waals surface area contributed by atoms with Gasteiger partial charge in [0.2, 0.25) is 6.79 Å². The summed E-state index contributed by atoms with van der Waals surface area (Å²) < 4.78 is 50.9. The van der Waals surface area contributed by atoms with Gasteiger partial charge >= 0.3 is 6.36 Å². The minimum atomic E-state index is -4.71. The summed E-state index contributed by atoms with van der Waals surface area (Å²) in [7, 11) is 0. The van der Waals surface area contributed by atoms with Crippen LogP contribution in [0.15, 0.2) is 42.5 Å². The second kappa shape index (κ2) is 6.55. The molecule has 0 fully saturated rings. The topological polar surface area (TPSA) is 53.7 Å². The van der Waals surface area contributed by atoms with Crippen molar-refractivity contribution in [1.29, 1.82) is 0 Å². The maximum atomic E-state index is 12.1. The summed E-state index contributed by atoms with van der Waals surface area (Å²) in [5.41, 5.74) is 7.51. The fourth-order valence-electron chi connectivity index (χ4n) is 2.25. The number of halogens is 4. The van der Waals surface area contributed by atoms with E-state index in [0.29, 0.717) is 22.6 Å². The predicted molar refractivity (Wildman–Crippen MR) is 79.0 cm³/mol. The Bertz CT molecular complexity index is 677. The summed E-state index contributed by atoms with van der Waals surface area (Å²) in [5, 5.41) is 0. The molecule has 3 rings (SSSR count). The van der Waals surface area contributed by atoms with Crippen LogP contribution < -0.4 is 19.9 Å². The Morgan fingerprint density at radius 3 is 2.39 bits per heavy atom. The van der Waals surface area contributed by atoms with Gasteiger partial charge in [-0.15, -0.1) is 25.6 Å². The zero-order valence-electron chi connectivity index (χ0n) is 11.7. The first-order valence-corrected chi connectivity index (χ1v) is 6.44. The van der Waals surface area contributed by atoms with Crippen LogP contribution in [0.1, 0.15) is 17.2 Å². The lowest BCUT2D eigenvalue weighted by Crippen LogP contribution is -2.17. The van der Waals surface area contributed by atoms with Gasteiger partial charge in [-0.1, -0.05) is 24.3 Å². The number of alkyl halides is 3. The van der Waals surface area contributed by atoms with E-state index < -0.39 is 12.4 Å². The minimum absolute atomic E-state index is 0. The summed E-state index contributed by atoms with van der Waals surface area (Å²) in [6.07, 6.45) is -4.71. The summed E-state index contributed by atoms with van der Waals surface area (Å²) in [4.78, 5) is 0. The monoisotopic (exact) mass is 347 g/mol. The summed E-state index contributed by atoms with van der Waals surface area (Å²) in [5.74, 6) is 0.872. The molecule has 0 saturated heterocycles. The van der Waals surface area contributed by atoms with Gasteiger partial charge in [0.1, 0.15) is 5.75 Å². The van der Waals surface area contributed by atoms with Crippen molar-refractivity contribution < 1.29 is 27.4 Å². The third kappa shape index (κ3) is 3.80. The summed E-state index contributed by atoms with van der Waals surface area (Å²) >= 11 is 0. The van der Waals surface area contributed by atoms with Crippen LogP contribution in [0.25, 0.3) is 0 Å². The molecule has 1 aliphatic heterocycles. The standard InChI is InChI=1S/C15H12F3NO3.ClH/c16-15(17,18)22-10-6-4-9(5-7-10)13(19)11-2-1-3-12-14(11)21-8-20-12;/h1-7,13H,8,19H2;1H/t13-;/m1./s1. The van der Waals surface area contributed by atoms with Gasteiger partial charge in [-0.05, 0) is 23.8 Å². The van der Waals surface area contributed by atoms with E-state index in [4.69, 9.17) is 15.2 Å². The molecule has 0 bridgehead atoms. The van der Waals surface area contributed by atoms with Crippen molar-refractivity contribution in [3.05, 3.63) is 53.6 Å². The molecular weight excluding hydrogens is 335 g/mol. The largest absolute Gasteiger partial charge is 0.573 e. The smallest absolute Gasteiger partial charge is 0.454 e. The maximum Gasteiger partial charge on any atom is 0.573 e. The van der Waals surface area contributed by atoms with E-state index in [1.54, 1.807) is 18.2 Å². The van der Waals surface area contributed by atoms with Gasteiger partial charge < -0.3 is 19.9 Å². The highest BCUT2D eigenvalue weighted by Crippen LogP contribution is 2.39. The van der Waals surface area contributed by atoms with Crippen LogP contribution in [0.4, 0.5) is 13.2 Å². The van der Waals surface area contributed by atoms with Crippen molar-refractivity contribution >= 4 is 12.4 Å².